The van der Waals surface area contributed by atoms with Gasteiger partial charge in [-0.1, -0.05) is 74.0 Å². The molecule has 0 aliphatic carbocycles. The molecule has 3 atom stereocenters. The van der Waals surface area contributed by atoms with Gasteiger partial charge in [-0.2, -0.15) is 0 Å². The van der Waals surface area contributed by atoms with Crippen molar-refractivity contribution in [1.82, 2.24) is 0 Å². The van der Waals surface area contributed by atoms with Crippen LogP contribution in [0.25, 0.3) is 0 Å². The second-order valence-corrected chi connectivity index (χ2v) is 13.4. The molecule has 0 saturated heterocycles. The Kier molecular flexibility index (Phi) is 5.71. The predicted molar refractivity (Wildman–Crippen MR) is 104 cm³/mol. The Balaban J connectivity index is 2.40. The topological polar surface area (TPSA) is 41.8 Å². The predicted octanol–water partition coefficient (Wildman–Crippen LogP) is 4.78. The molecule has 1 aromatic carbocycles. The van der Waals surface area contributed by atoms with Crippen LogP contribution in [-0.4, -0.2) is 30.2 Å². The van der Waals surface area contributed by atoms with Crippen molar-refractivity contribution < 1.29 is 9.94 Å². The Morgan fingerprint density at radius 3 is 2.42 bits per heavy atom. The van der Waals surface area contributed by atoms with Gasteiger partial charge in [0, 0.05) is 5.92 Å². The van der Waals surface area contributed by atoms with E-state index in [0.29, 0.717) is 6.42 Å². The van der Waals surface area contributed by atoms with E-state index in [1.807, 2.05) is 25.1 Å². The first-order valence-electron chi connectivity index (χ1n) is 8.86. The van der Waals surface area contributed by atoms with Crippen LogP contribution < -0.4 is 0 Å². The number of rotatable bonds is 7. The Morgan fingerprint density at radius 1 is 1.29 bits per heavy atom. The monoisotopic (exact) mass is 345 g/mol. The minimum absolute atomic E-state index is 0.119. The van der Waals surface area contributed by atoms with Gasteiger partial charge in [-0.25, -0.2) is 0 Å². The van der Waals surface area contributed by atoms with Crippen LogP contribution in [0.4, 0.5) is 0 Å². The lowest BCUT2D eigenvalue weighted by Crippen LogP contribution is -2.62. The summed E-state index contributed by atoms with van der Waals surface area (Å²) in [5.74, 6) is 0.119. The molecule has 0 saturated carbocycles. The molecule has 0 aromatic heterocycles. The Morgan fingerprint density at radius 2 is 1.92 bits per heavy atom. The number of oxime groups is 1. The largest absolute Gasteiger partial charge is 0.389 e. The quantitative estimate of drug-likeness (QED) is 0.571. The summed E-state index contributed by atoms with van der Waals surface area (Å²) < 4.78 is 0. The lowest BCUT2D eigenvalue weighted by atomic mass is 9.84. The van der Waals surface area contributed by atoms with Gasteiger partial charge in [0.1, 0.15) is 0 Å². The van der Waals surface area contributed by atoms with Gasteiger partial charge in [-0.15, -0.1) is 6.58 Å². The lowest BCUT2D eigenvalue weighted by Gasteiger charge is -2.44. The molecule has 0 bridgehead atoms. The molecule has 0 unspecified atom stereocenters. The van der Waals surface area contributed by atoms with E-state index in [0.717, 1.165) is 29.7 Å². The third kappa shape index (κ3) is 3.65. The normalized spacial score (nSPS) is 23.3. The van der Waals surface area contributed by atoms with E-state index in [9.17, 15) is 5.11 Å². The summed E-state index contributed by atoms with van der Waals surface area (Å²) in [6.45, 7) is 14.8. The van der Waals surface area contributed by atoms with Crippen molar-refractivity contribution in [3.05, 3.63) is 48.0 Å². The molecule has 1 aliphatic rings. The fraction of sp³-hybridized carbons (Fsp3) is 0.550. The summed E-state index contributed by atoms with van der Waals surface area (Å²) >= 11 is 0. The minimum atomic E-state index is -1.94. The first-order valence-corrected chi connectivity index (χ1v) is 12.4. The Bertz CT molecular complexity index is 606. The van der Waals surface area contributed by atoms with Crippen molar-refractivity contribution in [3.8, 4) is 0 Å². The van der Waals surface area contributed by atoms with Gasteiger partial charge in [0.05, 0.1) is 19.0 Å². The zero-order valence-corrected chi connectivity index (χ0v) is 16.7. The van der Waals surface area contributed by atoms with Crippen molar-refractivity contribution in [3.63, 3.8) is 0 Å². The molecule has 1 N–H and O–H groups in total. The smallest absolute Gasteiger partial charge is 0.161 e. The molecule has 2 rings (SSSR count). The highest BCUT2D eigenvalue weighted by Gasteiger charge is 2.55. The van der Waals surface area contributed by atoms with Gasteiger partial charge in [0.25, 0.3) is 0 Å². The summed E-state index contributed by atoms with van der Waals surface area (Å²) in [7, 11) is -1.94. The lowest BCUT2D eigenvalue weighted by molar-refractivity contribution is -0.0682. The van der Waals surface area contributed by atoms with Crippen LogP contribution in [0.1, 0.15) is 38.7 Å². The Labute approximate surface area is 147 Å². The molecular weight excluding hydrogens is 314 g/mol. The fourth-order valence-electron chi connectivity index (χ4n) is 3.55. The zero-order valence-electron chi connectivity index (χ0n) is 15.7. The van der Waals surface area contributed by atoms with E-state index in [4.69, 9.17) is 4.84 Å². The molecule has 132 valence electrons. The fourth-order valence-corrected chi connectivity index (χ4v) is 5.49. The number of benzene rings is 1. The van der Waals surface area contributed by atoms with Gasteiger partial charge in [0.15, 0.2) is 6.10 Å². The molecule has 1 aliphatic heterocycles. The standard InChI is InChI=1S/C20H31NO2Si/c1-7-11-17-18(16-12-9-8-10-13-16)21-23-19(17)20(22,14-15(2)3)24(4,5)6/h8-10,12-13,17,19,22H,2,7,11,14H2,1,3-6H3/t17-,19-,20-/m0/s1. The van der Waals surface area contributed by atoms with Gasteiger partial charge in [-0.3, -0.25) is 0 Å². The van der Waals surface area contributed by atoms with Gasteiger partial charge < -0.3 is 9.94 Å². The molecule has 1 aromatic rings. The summed E-state index contributed by atoms with van der Waals surface area (Å²) in [6.07, 6.45) is 2.27. The molecule has 24 heavy (non-hydrogen) atoms. The molecule has 3 nitrogen and oxygen atoms in total. The van der Waals surface area contributed by atoms with Crippen molar-refractivity contribution in [2.45, 2.75) is 64.1 Å². The van der Waals surface area contributed by atoms with Gasteiger partial charge >= 0.3 is 0 Å². The highest BCUT2D eigenvalue weighted by molar-refractivity contribution is 6.79. The van der Waals surface area contributed by atoms with Crippen molar-refractivity contribution in [2.75, 3.05) is 0 Å². The average Bonchev–Trinajstić information content (AvgIpc) is 2.91. The van der Waals surface area contributed by atoms with E-state index in [1.165, 1.54) is 0 Å². The number of aliphatic hydroxyl groups is 1. The van der Waals surface area contributed by atoms with Crippen LogP contribution in [0.5, 0.6) is 0 Å². The first kappa shape index (κ1) is 18.9. The van der Waals surface area contributed by atoms with Gasteiger partial charge in [-0.05, 0) is 25.3 Å². The Hall–Kier alpha value is -1.39. The number of hydrogen-bond donors (Lipinski definition) is 1. The maximum atomic E-state index is 11.7. The number of hydrogen-bond acceptors (Lipinski definition) is 3. The molecule has 0 radical (unpaired) electrons. The van der Waals surface area contributed by atoms with E-state index in [-0.39, 0.29) is 12.0 Å². The molecule has 0 spiro atoms. The van der Waals surface area contributed by atoms with E-state index in [2.05, 4.69) is 50.4 Å². The highest BCUT2D eigenvalue weighted by Crippen LogP contribution is 2.41. The highest BCUT2D eigenvalue weighted by atomic mass is 28.3. The first-order chi connectivity index (χ1) is 11.2. The van der Waals surface area contributed by atoms with Crippen LogP contribution in [0.3, 0.4) is 0 Å². The van der Waals surface area contributed by atoms with E-state index < -0.39 is 13.3 Å². The van der Waals surface area contributed by atoms with Crippen LogP contribution in [0, 0.1) is 5.92 Å². The van der Waals surface area contributed by atoms with Gasteiger partial charge in [0.2, 0.25) is 0 Å². The van der Waals surface area contributed by atoms with Crippen LogP contribution >= 0.6 is 0 Å². The number of nitrogens with zero attached hydrogens (tertiary/aromatic N) is 1. The van der Waals surface area contributed by atoms with Crippen molar-refractivity contribution >= 4 is 13.8 Å². The van der Waals surface area contributed by atoms with E-state index in [1.54, 1.807) is 0 Å². The second-order valence-electron chi connectivity index (χ2n) is 8.07. The summed E-state index contributed by atoms with van der Waals surface area (Å²) in [5.41, 5.74) is 3.06. The van der Waals surface area contributed by atoms with Crippen LogP contribution in [0.2, 0.25) is 19.6 Å². The summed E-state index contributed by atoms with van der Waals surface area (Å²) in [4.78, 5) is 5.91. The summed E-state index contributed by atoms with van der Waals surface area (Å²) in [5, 5.41) is 15.2. The van der Waals surface area contributed by atoms with Crippen LogP contribution in [-0.2, 0) is 4.84 Å². The average molecular weight is 346 g/mol. The van der Waals surface area contributed by atoms with Crippen LogP contribution in [0.15, 0.2) is 47.6 Å². The van der Waals surface area contributed by atoms with Crippen molar-refractivity contribution in [1.29, 1.82) is 0 Å². The second kappa shape index (κ2) is 7.24. The van der Waals surface area contributed by atoms with E-state index >= 15 is 0 Å². The summed E-state index contributed by atoms with van der Waals surface area (Å²) in [6, 6.07) is 10.2. The SMILES string of the molecule is C=C(C)C[C@@](O)([C@H]1ON=C(c2ccccc2)[C@@H]1CCC)[Si](C)(C)C. The molecule has 1 heterocycles. The molecule has 0 fully saturated rings. The maximum absolute atomic E-state index is 11.7. The molecule has 0 amide bonds. The maximum Gasteiger partial charge on any atom is 0.161 e. The third-order valence-electron chi connectivity index (χ3n) is 4.99. The minimum Gasteiger partial charge on any atom is -0.389 e. The molecular formula is C20H31NO2Si. The zero-order chi connectivity index (χ0) is 18.0. The van der Waals surface area contributed by atoms with Crippen molar-refractivity contribution in [2.24, 2.45) is 11.1 Å². The molecule has 4 heteroatoms. The third-order valence-corrected chi connectivity index (χ3v) is 8.05.